The van der Waals surface area contributed by atoms with Crippen LogP contribution >= 0.6 is 0 Å². The molecule has 0 spiro atoms. The van der Waals surface area contributed by atoms with Gasteiger partial charge in [0.1, 0.15) is 5.75 Å². The molecule has 0 bridgehead atoms. The van der Waals surface area contributed by atoms with Crippen molar-refractivity contribution >= 4 is 11.4 Å². The molecule has 3 nitrogen and oxygen atoms in total. The normalized spacial score (nSPS) is 13.5. The van der Waals surface area contributed by atoms with Crippen molar-refractivity contribution in [3.05, 3.63) is 53.6 Å². The van der Waals surface area contributed by atoms with E-state index in [1.807, 2.05) is 24.3 Å². The van der Waals surface area contributed by atoms with Crippen molar-refractivity contribution in [2.24, 2.45) is 0 Å². The van der Waals surface area contributed by atoms with Gasteiger partial charge >= 0.3 is 0 Å². The molecule has 2 aromatic rings. The topological polar surface area (TPSA) is 38.5 Å². The van der Waals surface area contributed by atoms with Gasteiger partial charge in [-0.05, 0) is 29.3 Å². The van der Waals surface area contributed by atoms with E-state index in [-0.39, 0.29) is 0 Å². The van der Waals surface area contributed by atoms with E-state index in [9.17, 15) is 0 Å². The number of hydrogen-bond acceptors (Lipinski definition) is 3. The van der Waals surface area contributed by atoms with Gasteiger partial charge in [0.25, 0.3) is 0 Å². The second kappa shape index (κ2) is 4.26. The molecule has 0 saturated heterocycles. The van der Waals surface area contributed by atoms with Gasteiger partial charge in [-0.3, -0.25) is 0 Å². The molecule has 18 heavy (non-hydrogen) atoms. The van der Waals surface area contributed by atoms with Crippen LogP contribution < -0.4 is 15.4 Å². The molecule has 0 radical (unpaired) electrons. The molecule has 1 aliphatic rings. The van der Waals surface area contributed by atoms with E-state index >= 15 is 0 Å². The highest BCUT2D eigenvalue weighted by atomic mass is 16.5. The second-order valence-corrected chi connectivity index (χ2v) is 4.54. The van der Waals surface area contributed by atoms with E-state index in [2.05, 4.69) is 23.1 Å². The third-order valence-electron chi connectivity index (χ3n) is 3.44. The average molecular weight is 240 g/mol. The second-order valence-electron chi connectivity index (χ2n) is 4.54. The van der Waals surface area contributed by atoms with Gasteiger partial charge in [0, 0.05) is 30.5 Å². The van der Waals surface area contributed by atoms with Crippen LogP contribution in [0.5, 0.6) is 5.75 Å². The number of benzene rings is 2. The molecule has 0 unspecified atom stereocenters. The third-order valence-corrected chi connectivity index (χ3v) is 3.44. The van der Waals surface area contributed by atoms with E-state index in [0.29, 0.717) is 0 Å². The Kier molecular flexibility index (Phi) is 2.59. The quantitative estimate of drug-likeness (QED) is 0.820. The van der Waals surface area contributed by atoms with Crippen molar-refractivity contribution in [3.63, 3.8) is 0 Å². The summed E-state index contributed by atoms with van der Waals surface area (Å²) in [7, 11) is 1.69. The highest BCUT2D eigenvalue weighted by Crippen LogP contribution is 2.32. The fourth-order valence-electron chi connectivity index (χ4n) is 2.44. The van der Waals surface area contributed by atoms with Crippen molar-refractivity contribution in [2.45, 2.75) is 13.1 Å². The maximum Gasteiger partial charge on any atom is 0.120 e. The van der Waals surface area contributed by atoms with E-state index in [0.717, 1.165) is 24.5 Å². The van der Waals surface area contributed by atoms with E-state index in [1.54, 1.807) is 7.11 Å². The van der Waals surface area contributed by atoms with Gasteiger partial charge in [0.2, 0.25) is 0 Å². The lowest BCUT2D eigenvalue weighted by atomic mass is 10.1. The van der Waals surface area contributed by atoms with Crippen LogP contribution in [0, 0.1) is 0 Å². The zero-order valence-electron chi connectivity index (χ0n) is 10.4. The Bertz CT molecular complexity index is 580. The number of anilines is 2. The van der Waals surface area contributed by atoms with Gasteiger partial charge in [-0.1, -0.05) is 18.2 Å². The van der Waals surface area contributed by atoms with Gasteiger partial charge in [0.05, 0.1) is 7.11 Å². The van der Waals surface area contributed by atoms with Gasteiger partial charge in [-0.15, -0.1) is 0 Å². The number of hydrogen-bond donors (Lipinski definition) is 1. The molecular formula is C15H16N2O. The zero-order chi connectivity index (χ0) is 12.5. The van der Waals surface area contributed by atoms with Crippen LogP contribution in [0.15, 0.2) is 42.5 Å². The maximum absolute atomic E-state index is 6.02. The molecule has 2 N–H and O–H groups in total. The molecule has 0 aliphatic carbocycles. The van der Waals surface area contributed by atoms with Crippen LogP contribution in [0.2, 0.25) is 0 Å². The lowest BCUT2D eigenvalue weighted by Gasteiger charge is -2.18. The minimum absolute atomic E-state index is 0.870. The number of nitrogens with two attached hydrogens (primary N) is 1. The minimum atomic E-state index is 0.870. The first-order valence-electron chi connectivity index (χ1n) is 6.03. The summed E-state index contributed by atoms with van der Waals surface area (Å²) in [6.07, 6.45) is 0. The van der Waals surface area contributed by atoms with Crippen LogP contribution in [-0.4, -0.2) is 7.11 Å². The smallest absolute Gasteiger partial charge is 0.120 e. The number of ether oxygens (including phenoxy) is 1. The number of rotatable bonds is 2. The molecule has 0 amide bonds. The molecule has 2 aromatic carbocycles. The minimum Gasteiger partial charge on any atom is -0.497 e. The average Bonchev–Trinajstić information content (AvgIpc) is 2.84. The van der Waals surface area contributed by atoms with Crippen molar-refractivity contribution < 1.29 is 4.74 Å². The van der Waals surface area contributed by atoms with Crippen LogP contribution in [0.4, 0.5) is 11.4 Å². The predicted molar refractivity (Wildman–Crippen MR) is 73.7 cm³/mol. The summed E-state index contributed by atoms with van der Waals surface area (Å²) in [5.74, 6) is 0.886. The predicted octanol–water partition coefficient (Wildman–Crippen LogP) is 2.80. The summed E-state index contributed by atoms with van der Waals surface area (Å²) in [4.78, 5) is 2.31. The molecule has 0 fully saturated rings. The Morgan fingerprint density at radius 1 is 1.11 bits per heavy atom. The van der Waals surface area contributed by atoms with Gasteiger partial charge in [0.15, 0.2) is 0 Å². The van der Waals surface area contributed by atoms with Gasteiger partial charge in [-0.2, -0.15) is 0 Å². The molecule has 0 atom stereocenters. The van der Waals surface area contributed by atoms with Crippen molar-refractivity contribution in [1.82, 2.24) is 0 Å². The molecule has 92 valence electrons. The molecule has 3 heteroatoms. The van der Waals surface area contributed by atoms with Crippen molar-refractivity contribution in [2.75, 3.05) is 17.7 Å². The first kappa shape index (κ1) is 11.0. The highest BCUT2D eigenvalue weighted by molar-refractivity contribution is 5.60. The summed E-state index contributed by atoms with van der Waals surface area (Å²) < 4.78 is 5.26. The number of nitrogens with zero attached hydrogens (tertiary/aromatic N) is 1. The Morgan fingerprint density at radius 3 is 2.72 bits per heavy atom. The summed E-state index contributed by atoms with van der Waals surface area (Å²) in [6, 6.07) is 14.3. The summed E-state index contributed by atoms with van der Waals surface area (Å²) in [5.41, 5.74) is 10.6. The monoisotopic (exact) mass is 240 g/mol. The van der Waals surface area contributed by atoms with E-state index in [4.69, 9.17) is 10.5 Å². The fraction of sp³-hybridized carbons (Fsp3) is 0.200. The summed E-state index contributed by atoms with van der Waals surface area (Å²) >= 11 is 0. The number of methoxy groups -OCH3 is 1. The molecule has 0 aromatic heterocycles. The summed E-state index contributed by atoms with van der Waals surface area (Å²) in [5, 5.41) is 0. The molecule has 0 saturated carbocycles. The first-order chi connectivity index (χ1) is 8.78. The third kappa shape index (κ3) is 1.78. The lowest BCUT2D eigenvalue weighted by Crippen LogP contribution is -2.14. The molecular weight excluding hydrogens is 224 g/mol. The zero-order valence-corrected chi connectivity index (χ0v) is 10.4. The van der Waals surface area contributed by atoms with Crippen LogP contribution in [0.25, 0.3) is 0 Å². The van der Waals surface area contributed by atoms with Crippen LogP contribution in [0.1, 0.15) is 11.1 Å². The maximum atomic E-state index is 6.02. The van der Waals surface area contributed by atoms with Crippen molar-refractivity contribution in [1.29, 1.82) is 0 Å². The highest BCUT2D eigenvalue weighted by Gasteiger charge is 2.20. The Hall–Kier alpha value is -2.16. The Morgan fingerprint density at radius 2 is 1.94 bits per heavy atom. The largest absolute Gasteiger partial charge is 0.497 e. The molecule has 1 aliphatic heterocycles. The SMILES string of the molecule is COc1cccc(N2Cc3cccc(N)c3C2)c1. The van der Waals surface area contributed by atoms with Crippen molar-refractivity contribution in [3.8, 4) is 5.75 Å². The first-order valence-corrected chi connectivity index (χ1v) is 6.03. The van der Waals surface area contributed by atoms with Gasteiger partial charge < -0.3 is 15.4 Å². The summed E-state index contributed by atoms with van der Waals surface area (Å²) in [6.45, 7) is 1.78. The Balaban J connectivity index is 1.91. The lowest BCUT2D eigenvalue weighted by molar-refractivity contribution is 0.415. The number of fused-ring (bicyclic) bond motifs is 1. The number of nitrogen functional groups attached to an aromatic ring is 1. The van der Waals surface area contributed by atoms with E-state index in [1.165, 1.54) is 16.8 Å². The standard InChI is InChI=1S/C15H16N2O/c1-18-13-6-3-5-12(8-13)17-9-11-4-2-7-15(16)14(11)10-17/h2-8H,9-10,16H2,1H3. The van der Waals surface area contributed by atoms with Crippen LogP contribution in [-0.2, 0) is 13.1 Å². The molecule has 3 rings (SSSR count). The Labute approximate surface area is 107 Å². The fourth-order valence-corrected chi connectivity index (χ4v) is 2.44. The molecule has 1 heterocycles. The van der Waals surface area contributed by atoms with E-state index < -0.39 is 0 Å². The van der Waals surface area contributed by atoms with Crippen LogP contribution in [0.3, 0.4) is 0 Å². The van der Waals surface area contributed by atoms with Gasteiger partial charge in [-0.25, -0.2) is 0 Å².